The van der Waals surface area contributed by atoms with E-state index in [0.717, 1.165) is 5.69 Å². The SMILES string of the molecule is Cc1csc(NN=Cc2cccc(Br)c2F)n1. The average molecular weight is 314 g/mol. The Morgan fingerprint density at radius 3 is 3.06 bits per heavy atom. The molecule has 0 spiro atoms. The van der Waals surface area contributed by atoms with Crippen LogP contribution in [0.4, 0.5) is 9.52 Å². The maximum absolute atomic E-state index is 13.6. The van der Waals surface area contributed by atoms with Crippen LogP contribution in [0, 0.1) is 12.7 Å². The molecule has 0 bridgehead atoms. The molecule has 1 N–H and O–H groups in total. The van der Waals surface area contributed by atoms with Crippen LogP contribution in [0.2, 0.25) is 0 Å². The first kappa shape index (κ1) is 12.2. The molecule has 88 valence electrons. The Morgan fingerprint density at radius 2 is 2.35 bits per heavy atom. The smallest absolute Gasteiger partial charge is 0.203 e. The van der Waals surface area contributed by atoms with Gasteiger partial charge in [-0.25, -0.2) is 9.37 Å². The lowest BCUT2D eigenvalue weighted by atomic mass is 10.2. The van der Waals surface area contributed by atoms with Crippen molar-refractivity contribution >= 4 is 38.6 Å². The molecule has 3 nitrogen and oxygen atoms in total. The van der Waals surface area contributed by atoms with E-state index in [2.05, 4.69) is 31.4 Å². The van der Waals surface area contributed by atoms with Gasteiger partial charge in [0.05, 0.1) is 16.4 Å². The highest BCUT2D eigenvalue weighted by Crippen LogP contribution is 2.17. The molecule has 0 radical (unpaired) electrons. The van der Waals surface area contributed by atoms with Crippen molar-refractivity contribution in [2.75, 3.05) is 5.43 Å². The van der Waals surface area contributed by atoms with Crippen LogP contribution in [0.15, 0.2) is 33.2 Å². The fourth-order valence-electron chi connectivity index (χ4n) is 1.18. The van der Waals surface area contributed by atoms with Gasteiger partial charge in [0, 0.05) is 10.9 Å². The molecule has 1 heterocycles. The highest BCUT2D eigenvalue weighted by Gasteiger charge is 2.02. The Kier molecular flexibility index (Phi) is 3.86. The first-order valence-corrected chi connectivity index (χ1v) is 6.49. The van der Waals surface area contributed by atoms with Gasteiger partial charge in [0.2, 0.25) is 5.13 Å². The van der Waals surface area contributed by atoms with Crippen LogP contribution >= 0.6 is 27.3 Å². The van der Waals surface area contributed by atoms with E-state index < -0.39 is 0 Å². The minimum Gasteiger partial charge on any atom is -0.253 e. The van der Waals surface area contributed by atoms with Crippen molar-refractivity contribution in [2.45, 2.75) is 6.92 Å². The largest absolute Gasteiger partial charge is 0.253 e. The van der Waals surface area contributed by atoms with Crippen LogP contribution in [0.1, 0.15) is 11.3 Å². The molecule has 0 fully saturated rings. The second-order valence-electron chi connectivity index (χ2n) is 3.31. The summed E-state index contributed by atoms with van der Waals surface area (Å²) in [6.07, 6.45) is 1.43. The number of nitrogens with zero attached hydrogens (tertiary/aromatic N) is 2. The molecule has 6 heteroatoms. The van der Waals surface area contributed by atoms with Crippen LogP contribution < -0.4 is 5.43 Å². The van der Waals surface area contributed by atoms with Crippen molar-refractivity contribution < 1.29 is 4.39 Å². The number of aryl methyl sites for hydroxylation is 1. The van der Waals surface area contributed by atoms with E-state index in [9.17, 15) is 4.39 Å². The van der Waals surface area contributed by atoms with Gasteiger partial charge in [-0.15, -0.1) is 11.3 Å². The fourth-order valence-corrected chi connectivity index (χ4v) is 2.20. The summed E-state index contributed by atoms with van der Waals surface area (Å²) in [5, 5.41) is 6.54. The van der Waals surface area contributed by atoms with Crippen molar-refractivity contribution in [1.29, 1.82) is 0 Å². The quantitative estimate of drug-likeness (QED) is 0.691. The van der Waals surface area contributed by atoms with Crippen molar-refractivity contribution in [3.05, 3.63) is 45.1 Å². The second-order valence-corrected chi connectivity index (χ2v) is 5.02. The second kappa shape index (κ2) is 5.37. The molecule has 0 atom stereocenters. The van der Waals surface area contributed by atoms with E-state index in [-0.39, 0.29) is 5.82 Å². The van der Waals surface area contributed by atoms with Crippen LogP contribution in [-0.2, 0) is 0 Å². The van der Waals surface area contributed by atoms with Crippen LogP contribution in [0.5, 0.6) is 0 Å². The highest BCUT2D eigenvalue weighted by atomic mass is 79.9. The van der Waals surface area contributed by atoms with E-state index in [1.54, 1.807) is 18.2 Å². The van der Waals surface area contributed by atoms with Crippen molar-refractivity contribution in [3.63, 3.8) is 0 Å². The maximum Gasteiger partial charge on any atom is 0.203 e. The molecule has 0 unspecified atom stereocenters. The average Bonchev–Trinajstić information content (AvgIpc) is 2.70. The number of rotatable bonds is 3. The monoisotopic (exact) mass is 313 g/mol. The zero-order valence-electron chi connectivity index (χ0n) is 8.95. The summed E-state index contributed by atoms with van der Waals surface area (Å²) in [6, 6.07) is 5.05. The minimum atomic E-state index is -0.326. The van der Waals surface area contributed by atoms with E-state index >= 15 is 0 Å². The summed E-state index contributed by atoms with van der Waals surface area (Å²) in [5.74, 6) is -0.326. The number of benzene rings is 1. The third-order valence-electron chi connectivity index (χ3n) is 1.96. The standard InChI is InChI=1S/C11H9BrFN3S/c1-7-6-17-11(15-7)16-14-5-8-3-2-4-9(12)10(8)13/h2-6H,1H3,(H,15,16). The van der Waals surface area contributed by atoms with Gasteiger partial charge >= 0.3 is 0 Å². The lowest BCUT2D eigenvalue weighted by Crippen LogP contribution is -1.93. The van der Waals surface area contributed by atoms with Gasteiger partial charge in [-0.2, -0.15) is 5.10 Å². The Bertz CT molecular complexity index is 553. The third-order valence-corrected chi connectivity index (χ3v) is 3.44. The highest BCUT2D eigenvalue weighted by molar-refractivity contribution is 9.10. The zero-order valence-corrected chi connectivity index (χ0v) is 11.3. The molecule has 0 amide bonds. The molecule has 2 aromatic rings. The van der Waals surface area contributed by atoms with Crippen LogP contribution in [0.3, 0.4) is 0 Å². The van der Waals surface area contributed by atoms with Gasteiger partial charge in [-0.1, -0.05) is 12.1 Å². The fraction of sp³-hybridized carbons (Fsp3) is 0.0909. The first-order chi connectivity index (χ1) is 8.16. The normalized spacial score (nSPS) is 11.0. The van der Waals surface area contributed by atoms with Crippen LogP contribution in [-0.4, -0.2) is 11.2 Å². The summed E-state index contributed by atoms with van der Waals surface area (Å²) in [5.41, 5.74) is 4.10. The number of hydrogen-bond donors (Lipinski definition) is 1. The van der Waals surface area contributed by atoms with Crippen molar-refractivity contribution in [1.82, 2.24) is 4.98 Å². The van der Waals surface area contributed by atoms with E-state index in [1.165, 1.54) is 17.6 Å². The molecule has 17 heavy (non-hydrogen) atoms. The number of hydrazone groups is 1. The lowest BCUT2D eigenvalue weighted by Gasteiger charge is -1.98. The predicted octanol–water partition coefficient (Wildman–Crippen LogP) is 3.80. The van der Waals surface area contributed by atoms with Gasteiger partial charge < -0.3 is 0 Å². The molecule has 0 saturated heterocycles. The maximum atomic E-state index is 13.6. The van der Waals surface area contributed by atoms with Gasteiger partial charge in [-0.05, 0) is 28.9 Å². The Morgan fingerprint density at radius 1 is 1.53 bits per heavy atom. The Hall–Kier alpha value is -1.27. The minimum absolute atomic E-state index is 0.326. The summed E-state index contributed by atoms with van der Waals surface area (Å²) in [7, 11) is 0. The topological polar surface area (TPSA) is 37.3 Å². The van der Waals surface area contributed by atoms with E-state index in [0.29, 0.717) is 15.2 Å². The first-order valence-electron chi connectivity index (χ1n) is 4.82. The molecular weight excluding hydrogens is 305 g/mol. The number of aromatic nitrogens is 1. The predicted molar refractivity (Wildman–Crippen MR) is 72.2 cm³/mol. The lowest BCUT2D eigenvalue weighted by molar-refractivity contribution is 0.619. The molecule has 1 aromatic carbocycles. The van der Waals surface area contributed by atoms with Gasteiger partial charge in [-0.3, -0.25) is 5.43 Å². The summed E-state index contributed by atoms with van der Waals surface area (Å²) < 4.78 is 14.0. The molecule has 0 aliphatic carbocycles. The molecule has 0 saturated carbocycles. The van der Waals surface area contributed by atoms with Crippen molar-refractivity contribution in [3.8, 4) is 0 Å². The number of nitrogens with one attached hydrogen (secondary N) is 1. The van der Waals surface area contributed by atoms with Gasteiger partial charge in [0.25, 0.3) is 0 Å². The molecule has 1 aromatic heterocycles. The molecule has 0 aliphatic heterocycles. The molecule has 0 aliphatic rings. The summed E-state index contributed by atoms with van der Waals surface area (Å²) in [4.78, 5) is 4.17. The Balaban J connectivity index is 2.08. The van der Waals surface area contributed by atoms with Crippen LogP contribution in [0.25, 0.3) is 0 Å². The number of halogens is 2. The van der Waals surface area contributed by atoms with Crippen molar-refractivity contribution in [2.24, 2.45) is 5.10 Å². The van der Waals surface area contributed by atoms with Gasteiger partial charge in [0.1, 0.15) is 5.82 Å². The number of thiazole rings is 1. The Labute approximate surface area is 111 Å². The summed E-state index contributed by atoms with van der Waals surface area (Å²) >= 11 is 4.57. The molecule has 2 rings (SSSR count). The van der Waals surface area contributed by atoms with Gasteiger partial charge in [0.15, 0.2) is 0 Å². The summed E-state index contributed by atoms with van der Waals surface area (Å²) in [6.45, 7) is 1.90. The van der Waals surface area contributed by atoms with E-state index in [4.69, 9.17) is 0 Å². The number of hydrogen-bond acceptors (Lipinski definition) is 4. The molecular formula is C11H9BrFN3S. The number of anilines is 1. The van der Waals surface area contributed by atoms with E-state index in [1.807, 2.05) is 12.3 Å². The third kappa shape index (κ3) is 3.10. The zero-order chi connectivity index (χ0) is 12.3.